The first-order chi connectivity index (χ1) is 9.23. The first-order valence-electron chi connectivity index (χ1n) is 6.33. The van der Waals surface area contributed by atoms with Gasteiger partial charge in [0, 0.05) is 4.47 Å². The Hall–Kier alpha value is -1.42. The monoisotopic (exact) mass is 337 g/mol. The Morgan fingerprint density at radius 2 is 2.15 bits per heavy atom. The summed E-state index contributed by atoms with van der Waals surface area (Å²) in [5.41, 5.74) is 0.964. The summed E-state index contributed by atoms with van der Waals surface area (Å²) < 4.78 is 14.0. The highest BCUT2D eigenvalue weighted by atomic mass is 79.9. The number of amides is 1. The quantitative estimate of drug-likeness (QED) is 0.655. The molecule has 20 heavy (non-hydrogen) atoms. The van der Waals surface area contributed by atoms with Crippen LogP contribution in [0.5, 0.6) is 0 Å². The van der Waals surface area contributed by atoms with Crippen molar-refractivity contribution in [2.45, 2.75) is 25.8 Å². The summed E-state index contributed by atoms with van der Waals surface area (Å²) in [6.45, 7) is 11.0. The zero-order valence-electron chi connectivity index (χ0n) is 11.6. The van der Waals surface area contributed by atoms with Crippen molar-refractivity contribution in [3.05, 3.63) is 58.9 Å². The number of carbonyl (C=O) groups excluding carboxylic acids is 1. The van der Waals surface area contributed by atoms with E-state index in [1.54, 1.807) is 6.08 Å². The van der Waals surface area contributed by atoms with Gasteiger partial charge >= 0.3 is 0 Å². The molecule has 0 saturated heterocycles. The maximum Gasteiger partial charge on any atom is 0.280 e. The molecule has 1 aliphatic carbocycles. The predicted octanol–water partition coefficient (Wildman–Crippen LogP) is 4.01. The van der Waals surface area contributed by atoms with Crippen molar-refractivity contribution < 1.29 is 9.18 Å². The number of hydrogen-bond donors (Lipinski definition) is 1. The standard InChI is InChI=1S/C16H17BrFNO/c1-5-16(19-14(20)10(2)18)13-8-12(17)7-6-11(13)9-15(16,3)4/h5-8H,1-2,9H2,3-4H3,(H,19,20). The molecule has 1 atom stereocenters. The molecule has 0 aliphatic heterocycles. The average molecular weight is 338 g/mol. The van der Waals surface area contributed by atoms with Crippen LogP contribution in [0.25, 0.3) is 0 Å². The molecule has 2 rings (SSSR count). The Morgan fingerprint density at radius 3 is 2.70 bits per heavy atom. The van der Waals surface area contributed by atoms with Gasteiger partial charge in [0.25, 0.3) is 5.91 Å². The van der Waals surface area contributed by atoms with Crippen LogP contribution in [0.1, 0.15) is 25.0 Å². The molecule has 0 saturated carbocycles. The van der Waals surface area contributed by atoms with Gasteiger partial charge in [-0.25, -0.2) is 4.39 Å². The molecule has 0 radical (unpaired) electrons. The van der Waals surface area contributed by atoms with E-state index in [-0.39, 0.29) is 5.41 Å². The van der Waals surface area contributed by atoms with Crippen molar-refractivity contribution in [1.29, 1.82) is 0 Å². The molecular formula is C16H17BrFNO. The van der Waals surface area contributed by atoms with Gasteiger partial charge in [-0.2, -0.15) is 0 Å². The Morgan fingerprint density at radius 1 is 1.50 bits per heavy atom. The molecule has 1 amide bonds. The van der Waals surface area contributed by atoms with Gasteiger partial charge < -0.3 is 5.32 Å². The molecule has 1 aromatic rings. The Labute approximate surface area is 126 Å². The van der Waals surface area contributed by atoms with Crippen molar-refractivity contribution >= 4 is 21.8 Å². The lowest BCUT2D eigenvalue weighted by Crippen LogP contribution is -2.52. The van der Waals surface area contributed by atoms with Crippen molar-refractivity contribution in [3.63, 3.8) is 0 Å². The van der Waals surface area contributed by atoms with E-state index in [1.165, 1.54) is 0 Å². The van der Waals surface area contributed by atoms with Crippen molar-refractivity contribution in [2.75, 3.05) is 0 Å². The molecule has 0 spiro atoms. The van der Waals surface area contributed by atoms with Crippen LogP contribution in [0.2, 0.25) is 0 Å². The molecule has 1 N–H and O–H groups in total. The van der Waals surface area contributed by atoms with E-state index < -0.39 is 17.3 Å². The van der Waals surface area contributed by atoms with Crippen LogP contribution >= 0.6 is 15.9 Å². The second kappa shape index (κ2) is 4.85. The van der Waals surface area contributed by atoms with E-state index in [0.717, 1.165) is 22.0 Å². The molecular weight excluding hydrogens is 321 g/mol. The van der Waals surface area contributed by atoms with Crippen molar-refractivity contribution in [3.8, 4) is 0 Å². The van der Waals surface area contributed by atoms with E-state index in [1.807, 2.05) is 32.0 Å². The molecule has 2 nitrogen and oxygen atoms in total. The van der Waals surface area contributed by atoms with Gasteiger partial charge in [0.2, 0.25) is 0 Å². The molecule has 0 fully saturated rings. The molecule has 0 aromatic heterocycles. The van der Waals surface area contributed by atoms with E-state index in [9.17, 15) is 9.18 Å². The number of fused-ring (bicyclic) bond motifs is 1. The third-order valence-corrected chi connectivity index (χ3v) is 4.55. The summed E-state index contributed by atoms with van der Waals surface area (Å²) in [4.78, 5) is 11.8. The summed E-state index contributed by atoms with van der Waals surface area (Å²) in [6, 6.07) is 5.93. The lowest BCUT2D eigenvalue weighted by atomic mass is 9.72. The minimum Gasteiger partial charge on any atom is -0.336 e. The fourth-order valence-electron chi connectivity index (χ4n) is 2.97. The molecule has 106 valence electrons. The maximum atomic E-state index is 13.1. The first kappa shape index (κ1) is 15.0. The van der Waals surface area contributed by atoms with Gasteiger partial charge in [-0.1, -0.05) is 48.5 Å². The number of carbonyl (C=O) groups is 1. The molecule has 0 bridgehead atoms. The maximum absolute atomic E-state index is 13.1. The van der Waals surface area contributed by atoms with Crippen LogP contribution in [0.4, 0.5) is 4.39 Å². The van der Waals surface area contributed by atoms with Crippen LogP contribution in [0.15, 0.2) is 47.7 Å². The van der Waals surface area contributed by atoms with Gasteiger partial charge in [0.15, 0.2) is 5.83 Å². The lowest BCUT2D eigenvalue weighted by molar-refractivity contribution is -0.121. The van der Waals surface area contributed by atoms with Crippen molar-refractivity contribution in [2.24, 2.45) is 5.41 Å². The summed E-state index contributed by atoms with van der Waals surface area (Å²) in [7, 11) is 0. The highest BCUT2D eigenvalue weighted by Gasteiger charge is 2.51. The number of benzene rings is 1. The highest BCUT2D eigenvalue weighted by molar-refractivity contribution is 9.10. The fourth-order valence-corrected chi connectivity index (χ4v) is 3.33. The van der Waals surface area contributed by atoms with Crippen LogP contribution in [-0.4, -0.2) is 5.91 Å². The summed E-state index contributed by atoms with van der Waals surface area (Å²) in [6.07, 6.45) is 2.47. The number of rotatable bonds is 3. The number of hydrogen-bond acceptors (Lipinski definition) is 1. The molecule has 1 aliphatic rings. The average Bonchev–Trinajstić information content (AvgIpc) is 2.57. The summed E-state index contributed by atoms with van der Waals surface area (Å²) in [5.74, 6) is -1.80. The van der Waals surface area contributed by atoms with Gasteiger partial charge in [0.1, 0.15) is 0 Å². The topological polar surface area (TPSA) is 29.1 Å². The van der Waals surface area contributed by atoms with E-state index >= 15 is 0 Å². The minimum atomic E-state index is -0.995. The first-order valence-corrected chi connectivity index (χ1v) is 7.12. The van der Waals surface area contributed by atoms with Crippen LogP contribution in [-0.2, 0) is 16.8 Å². The molecule has 4 heteroatoms. The van der Waals surface area contributed by atoms with Crippen molar-refractivity contribution in [1.82, 2.24) is 5.32 Å². The lowest BCUT2D eigenvalue weighted by Gasteiger charge is -2.40. The minimum absolute atomic E-state index is 0.303. The number of halogens is 2. The van der Waals surface area contributed by atoms with E-state index in [4.69, 9.17) is 0 Å². The summed E-state index contributed by atoms with van der Waals surface area (Å²) in [5, 5.41) is 2.76. The van der Waals surface area contributed by atoms with E-state index in [0.29, 0.717) is 0 Å². The van der Waals surface area contributed by atoms with Gasteiger partial charge in [-0.3, -0.25) is 4.79 Å². The van der Waals surface area contributed by atoms with Gasteiger partial charge in [-0.05, 0) is 35.1 Å². The molecule has 1 aromatic carbocycles. The zero-order chi connectivity index (χ0) is 15.1. The third-order valence-electron chi connectivity index (χ3n) is 4.06. The SMILES string of the molecule is C=CC1(NC(=O)C(=C)F)c2cc(Br)ccc2CC1(C)C. The fraction of sp³-hybridized carbons (Fsp3) is 0.312. The van der Waals surface area contributed by atoms with Crippen LogP contribution in [0, 0.1) is 5.41 Å². The van der Waals surface area contributed by atoms with Gasteiger partial charge in [-0.15, -0.1) is 6.58 Å². The smallest absolute Gasteiger partial charge is 0.280 e. The second-order valence-electron chi connectivity index (χ2n) is 5.73. The Balaban J connectivity index is 2.61. The third kappa shape index (κ3) is 2.12. The zero-order valence-corrected chi connectivity index (χ0v) is 13.2. The highest BCUT2D eigenvalue weighted by Crippen LogP contribution is 2.51. The Bertz CT molecular complexity index is 608. The normalized spacial score (nSPS) is 23.0. The van der Waals surface area contributed by atoms with Crippen LogP contribution in [0.3, 0.4) is 0 Å². The largest absolute Gasteiger partial charge is 0.336 e. The molecule has 1 unspecified atom stereocenters. The Kier molecular flexibility index (Phi) is 3.63. The molecule has 0 heterocycles. The van der Waals surface area contributed by atoms with E-state index in [2.05, 4.69) is 34.4 Å². The second-order valence-corrected chi connectivity index (χ2v) is 6.65. The summed E-state index contributed by atoms with van der Waals surface area (Å²) >= 11 is 3.44. The number of nitrogens with one attached hydrogen (secondary N) is 1. The predicted molar refractivity (Wildman–Crippen MR) is 81.9 cm³/mol. The van der Waals surface area contributed by atoms with Crippen LogP contribution < -0.4 is 5.32 Å². The van der Waals surface area contributed by atoms with Gasteiger partial charge in [0.05, 0.1) is 5.54 Å².